The number of hydrogen-bond donors (Lipinski definition) is 0. The monoisotopic (exact) mass is 309 g/mol. The lowest BCUT2D eigenvalue weighted by atomic mass is 9.92. The Labute approximate surface area is 135 Å². The molecule has 0 amide bonds. The number of ether oxygens (including phenoxy) is 1. The summed E-state index contributed by atoms with van der Waals surface area (Å²) in [5, 5.41) is 3.02. The highest BCUT2D eigenvalue weighted by Gasteiger charge is 2.12. The maximum atomic E-state index is 11.5. The molecule has 0 aromatic heterocycles. The van der Waals surface area contributed by atoms with Crippen molar-refractivity contribution >= 4 is 11.7 Å². The van der Waals surface area contributed by atoms with Crippen LogP contribution in [-0.2, 0) is 16.1 Å². The van der Waals surface area contributed by atoms with E-state index in [2.05, 4.69) is 18.7 Å². The zero-order valence-electron chi connectivity index (χ0n) is 13.3. The van der Waals surface area contributed by atoms with Gasteiger partial charge in [-0.25, -0.2) is 4.79 Å². The van der Waals surface area contributed by atoms with Gasteiger partial charge in [0.25, 0.3) is 0 Å². The molecule has 2 aromatic carbocycles. The first-order valence-electron chi connectivity index (χ1n) is 7.36. The van der Waals surface area contributed by atoms with Crippen LogP contribution < -0.4 is 0 Å². The maximum absolute atomic E-state index is 11.5. The summed E-state index contributed by atoms with van der Waals surface area (Å²) >= 11 is 0. The van der Waals surface area contributed by atoms with Gasteiger partial charge >= 0.3 is 5.97 Å². The van der Waals surface area contributed by atoms with Gasteiger partial charge in [-0.2, -0.15) is 0 Å². The molecule has 1 atom stereocenters. The summed E-state index contributed by atoms with van der Waals surface area (Å²) in [4.78, 5) is 22.4. The molecular weight excluding hydrogens is 290 g/mol. The van der Waals surface area contributed by atoms with Crippen molar-refractivity contribution in [2.45, 2.75) is 26.4 Å². The molecule has 4 heteroatoms. The predicted octanol–water partition coefficient (Wildman–Crippen LogP) is 4.86. The summed E-state index contributed by atoms with van der Waals surface area (Å²) in [5.41, 5.74) is 3.49. The molecule has 0 aliphatic rings. The van der Waals surface area contributed by atoms with Crippen LogP contribution in [0, 0.1) is 4.91 Å². The summed E-state index contributed by atoms with van der Waals surface area (Å²) in [6.07, 6.45) is 0. The molecule has 0 saturated carbocycles. The average molecular weight is 309 g/mol. The Morgan fingerprint density at radius 3 is 2.48 bits per heavy atom. The number of benzene rings is 2. The number of hydrogen-bond acceptors (Lipinski definition) is 4. The van der Waals surface area contributed by atoms with Crippen LogP contribution in [0.2, 0.25) is 0 Å². The zero-order valence-corrected chi connectivity index (χ0v) is 13.3. The summed E-state index contributed by atoms with van der Waals surface area (Å²) in [6, 6.07) is 15.3. The summed E-state index contributed by atoms with van der Waals surface area (Å²) in [5.74, 6) is -0.347. The Bertz CT molecular complexity index is 723. The fourth-order valence-corrected chi connectivity index (χ4v) is 2.29. The van der Waals surface area contributed by atoms with Gasteiger partial charge in [-0.05, 0) is 40.9 Å². The summed E-state index contributed by atoms with van der Waals surface area (Å²) in [6.45, 7) is 7.28. The molecule has 1 unspecified atom stereocenters. The second-order valence-corrected chi connectivity index (χ2v) is 5.51. The molecule has 0 aliphatic carbocycles. The van der Waals surface area contributed by atoms with Crippen molar-refractivity contribution in [1.29, 1.82) is 0 Å². The lowest BCUT2D eigenvalue weighted by Crippen LogP contribution is -2.05. The van der Waals surface area contributed by atoms with E-state index in [4.69, 9.17) is 4.74 Å². The van der Waals surface area contributed by atoms with E-state index >= 15 is 0 Å². The highest BCUT2D eigenvalue weighted by Crippen LogP contribution is 2.28. The van der Waals surface area contributed by atoms with E-state index in [-0.39, 0.29) is 12.5 Å². The minimum absolute atomic E-state index is 0.0869. The molecule has 118 valence electrons. The molecule has 0 bridgehead atoms. The number of rotatable bonds is 6. The lowest BCUT2D eigenvalue weighted by molar-refractivity contribution is -0.140. The van der Waals surface area contributed by atoms with E-state index in [1.54, 1.807) is 19.1 Å². The smallest absolute Gasteiger partial charge is 0.333 e. The molecule has 0 fully saturated rings. The topological polar surface area (TPSA) is 55.7 Å². The van der Waals surface area contributed by atoms with Crippen molar-refractivity contribution < 1.29 is 9.53 Å². The molecule has 0 N–H and O–H groups in total. The predicted molar refractivity (Wildman–Crippen MR) is 90.5 cm³/mol. The molecule has 4 nitrogen and oxygen atoms in total. The normalized spacial score (nSPS) is 11.6. The number of carbonyl (C=O) groups excluding carboxylic acids is 1. The van der Waals surface area contributed by atoms with Crippen molar-refractivity contribution in [3.8, 4) is 0 Å². The number of carbonyl (C=O) groups is 1. The molecule has 2 rings (SSSR count). The third kappa shape index (κ3) is 4.36. The van der Waals surface area contributed by atoms with Crippen LogP contribution in [0.5, 0.6) is 0 Å². The Hall–Kier alpha value is -2.75. The van der Waals surface area contributed by atoms with E-state index in [0.29, 0.717) is 11.3 Å². The van der Waals surface area contributed by atoms with Gasteiger partial charge in [-0.15, -0.1) is 4.91 Å². The fraction of sp³-hybridized carbons (Fsp3) is 0.211. The molecule has 0 spiro atoms. The van der Waals surface area contributed by atoms with Crippen LogP contribution in [0.15, 0.2) is 65.9 Å². The average Bonchev–Trinajstić information content (AvgIpc) is 2.59. The van der Waals surface area contributed by atoms with Crippen LogP contribution in [0.25, 0.3) is 0 Å². The second-order valence-electron chi connectivity index (χ2n) is 5.51. The zero-order chi connectivity index (χ0) is 16.8. The standard InChI is InChI=1S/C19H19NO3/c1-13(2)19(21)23-12-15-9-17(11-18(10-15)20-22)14(3)16-7-5-4-6-8-16/h4-11,14H,1,12H2,2-3H3. The number of esters is 1. The van der Waals surface area contributed by atoms with Gasteiger partial charge in [-0.3, -0.25) is 0 Å². The first-order valence-corrected chi connectivity index (χ1v) is 7.36. The molecule has 0 radical (unpaired) electrons. The third-order valence-corrected chi connectivity index (χ3v) is 3.62. The van der Waals surface area contributed by atoms with Crippen molar-refractivity contribution in [2.24, 2.45) is 5.18 Å². The van der Waals surface area contributed by atoms with Gasteiger partial charge in [0.15, 0.2) is 0 Å². The summed E-state index contributed by atoms with van der Waals surface area (Å²) in [7, 11) is 0. The van der Waals surface area contributed by atoms with Gasteiger partial charge in [0, 0.05) is 11.5 Å². The molecule has 0 saturated heterocycles. The van der Waals surface area contributed by atoms with E-state index < -0.39 is 5.97 Å². The maximum Gasteiger partial charge on any atom is 0.333 e. The van der Waals surface area contributed by atoms with E-state index in [1.807, 2.05) is 36.4 Å². The Balaban J connectivity index is 2.26. The fourth-order valence-electron chi connectivity index (χ4n) is 2.29. The summed E-state index contributed by atoms with van der Waals surface area (Å²) < 4.78 is 5.15. The highest BCUT2D eigenvalue weighted by molar-refractivity contribution is 5.86. The van der Waals surface area contributed by atoms with E-state index in [1.165, 1.54) is 0 Å². The second kappa shape index (κ2) is 7.49. The SMILES string of the molecule is C=C(C)C(=O)OCc1cc(N=O)cc(C(C)c2ccccc2)c1. The van der Waals surface area contributed by atoms with Crippen molar-refractivity contribution in [1.82, 2.24) is 0 Å². The van der Waals surface area contributed by atoms with Gasteiger partial charge in [-0.1, -0.05) is 49.9 Å². The third-order valence-electron chi connectivity index (χ3n) is 3.62. The van der Waals surface area contributed by atoms with Gasteiger partial charge < -0.3 is 4.74 Å². The Morgan fingerprint density at radius 1 is 1.17 bits per heavy atom. The van der Waals surface area contributed by atoms with Crippen LogP contribution >= 0.6 is 0 Å². The van der Waals surface area contributed by atoms with Gasteiger partial charge in [0.1, 0.15) is 12.3 Å². The van der Waals surface area contributed by atoms with Gasteiger partial charge in [0.05, 0.1) is 0 Å². The first-order chi connectivity index (χ1) is 11.0. The quantitative estimate of drug-likeness (QED) is 0.435. The molecule has 2 aromatic rings. The van der Waals surface area contributed by atoms with Crippen molar-refractivity contribution in [3.63, 3.8) is 0 Å². The molecule has 0 heterocycles. The minimum Gasteiger partial charge on any atom is -0.457 e. The van der Waals surface area contributed by atoms with E-state index in [0.717, 1.165) is 16.7 Å². The first kappa shape index (κ1) is 16.6. The van der Waals surface area contributed by atoms with Crippen LogP contribution in [0.1, 0.15) is 36.5 Å². The molecule has 0 aliphatic heterocycles. The molecular formula is C19H19NO3. The number of nitroso groups, excluding NO2 is 1. The lowest BCUT2D eigenvalue weighted by Gasteiger charge is -2.14. The van der Waals surface area contributed by atoms with Crippen molar-refractivity contribution in [2.75, 3.05) is 0 Å². The van der Waals surface area contributed by atoms with Crippen LogP contribution in [-0.4, -0.2) is 5.97 Å². The molecule has 23 heavy (non-hydrogen) atoms. The van der Waals surface area contributed by atoms with Crippen LogP contribution in [0.4, 0.5) is 5.69 Å². The minimum atomic E-state index is -0.452. The van der Waals surface area contributed by atoms with Gasteiger partial charge in [0.2, 0.25) is 0 Å². The highest BCUT2D eigenvalue weighted by atomic mass is 16.5. The van der Waals surface area contributed by atoms with Crippen molar-refractivity contribution in [3.05, 3.63) is 82.3 Å². The largest absolute Gasteiger partial charge is 0.457 e. The van der Waals surface area contributed by atoms with Crippen LogP contribution in [0.3, 0.4) is 0 Å². The Kier molecular flexibility index (Phi) is 5.41. The number of nitrogens with zero attached hydrogens (tertiary/aromatic N) is 1. The van der Waals surface area contributed by atoms with E-state index in [9.17, 15) is 9.70 Å². The Morgan fingerprint density at radius 2 is 1.87 bits per heavy atom.